The molecule has 0 fully saturated rings. The Labute approximate surface area is 89.5 Å². The van der Waals surface area contributed by atoms with Gasteiger partial charge in [-0.25, -0.2) is 10.2 Å². The summed E-state index contributed by atoms with van der Waals surface area (Å²) in [6, 6.07) is 0.277. The van der Waals surface area contributed by atoms with Crippen molar-refractivity contribution in [3.05, 3.63) is 0 Å². The standard InChI is InChI=1S/C8H17N3O2S/c1-4-6(3)9-7(14)10-11-8(12)13-5-2/h6H,4-5H2,1-3H3,(H,11,12)(H2,9,10,14)/t6-/m0/s1. The lowest BCUT2D eigenvalue weighted by molar-refractivity contribution is 0.150. The van der Waals surface area contributed by atoms with E-state index in [2.05, 4.69) is 20.9 Å². The summed E-state index contributed by atoms with van der Waals surface area (Å²) in [4.78, 5) is 10.8. The molecule has 0 bridgehead atoms. The van der Waals surface area contributed by atoms with Crippen LogP contribution >= 0.6 is 12.2 Å². The normalized spacial score (nSPS) is 11.4. The van der Waals surface area contributed by atoms with Gasteiger partial charge in [-0.3, -0.25) is 5.43 Å². The maximum Gasteiger partial charge on any atom is 0.425 e. The van der Waals surface area contributed by atoms with Crippen molar-refractivity contribution in [1.82, 2.24) is 16.2 Å². The Morgan fingerprint density at radius 2 is 2.07 bits per heavy atom. The van der Waals surface area contributed by atoms with Crippen molar-refractivity contribution in [2.45, 2.75) is 33.2 Å². The molecule has 3 N–H and O–H groups in total. The molecule has 0 spiro atoms. The fourth-order valence-electron chi connectivity index (χ4n) is 0.637. The van der Waals surface area contributed by atoms with Crippen LogP contribution in [0.1, 0.15) is 27.2 Å². The maximum absolute atomic E-state index is 10.8. The SMILES string of the molecule is CCOC(=O)NNC(=S)N[C@@H](C)CC. The van der Waals surface area contributed by atoms with E-state index < -0.39 is 6.09 Å². The van der Waals surface area contributed by atoms with Gasteiger partial charge in [0.1, 0.15) is 0 Å². The van der Waals surface area contributed by atoms with Crippen molar-refractivity contribution in [1.29, 1.82) is 0 Å². The quantitative estimate of drug-likeness (QED) is 0.486. The molecule has 0 heterocycles. The van der Waals surface area contributed by atoms with Crippen molar-refractivity contribution < 1.29 is 9.53 Å². The molecule has 82 valence electrons. The number of carbonyl (C=O) groups is 1. The van der Waals surface area contributed by atoms with E-state index in [1.807, 2.05) is 13.8 Å². The number of rotatable bonds is 3. The summed E-state index contributed by atoms with van der Waals surface area (Å²) in [6.07, 6.45) is 0.419. The number of carbonyl (C=O) groups excluding carboxylic acids is 1. The van der Waals surface area contributed by atoms with Gasteiger partial charge in [-0.2, -0.15) is 0 Å². The highest BCUT2D eigenvalue weighted by atomic mass is 32.1. The molecule has 0 aromatic carbocycles. The average molecular weight is 219 g/mol. The van der Waals surface area contributed by atoms with Gasteiger partial charge in [-0.1, -0.05) is 6.92 Å². The molecule has 0 aliphatic rings. The first kappa shape index (κ1) is 13.0. The monoisotopic (exact) mass is 219 g/mol. The summed E-state index contributed by atoms with van der Waals surface area (Å²) in [5.41, 5.74) is 4.83. The number of thiocarbonyl (C=S) groups is 1. The van der Waals surface area contributed by atoms with Crippen molar-refractivity contribution in [2.24, 2.45) is 0 Å². The van der Waals surface area contributed by atoms with Gasteiger partial charge in [0.25, 0.3) is 0 Å². The van der Waals surface area contributed by atoms with Crippen molar-refractivity contribution >= 4 is 23.4 Å². The first-order chi connectivity index (χ1) is 6.60. The van der Waals surface area contributed by atoms with Crippen LogP contribution in [0.25, 0.3) is 0 Å². The third kappa shape index (κ3) is 6.47. The van der Waals surface area contributed by atoms with E-state index in [0.717, 1.165) is 6.42 Å². The van der Waals surface area contributed by atoms with Gasteiger partial charge in [-0.15, -0.1) is 0 Å². The van der Waals surface area contributed by atoms with Crippen LogP contribution in [0, 0.1) is 0 Å². The molecule has 0 saturated heterocycles. The molecule has 0 radical (unpaired) electrons. The number of hydrogen-bond donors (Lipinski definition) is 3. The van der Waals surface area contributed by atoms with E-state index in [1.165, 1.54) is 0 Å². The third-order valence-electron chi connectivity index (χ3n) is 1.54. The Balaban J connectivity index is 3.58. The van der Waals surface area contributed by atoms with Crippen LogP contribution in [0.5, 0.6) is 0 Å². The molecule has 1 amide bonds. The summed E-state index contributed by atoms with van der Waals surface area (Å²) in [5.74, 6) is 0. The lowest BCUT2D eigenvalue weighted by Gasteiger charge is -2.15. The van der Waals surface area contributed by atoms with Crippen LogP contribution in [0.4, 0.5) is 4.79 Å². The summed E-state index contributed by atoms with van der Waals surface area (Å²) in [7, 11) is 0. The van der Waals surface area contributed by atoms with Crippen LogP contribution in [0.2, 0.25) is 0 Å². The minimum Gasteiger partial charge on any atom is -0.449 e. The summed E-state index contributed by atoms with van der Waals surface area (Å²) in [6.45, 7) is 6.10. The zero-order valence-electron chi connectivity index (χ0n) is 8.72. The second-order valence-electron chi connectivity index (χ2n) is 2.75. The topological polar surface area (TPSA) is 62.4 Å². The van der Waals surface area contributed by atoms with Crippen LogP contribution < -0.4 is 16.2 Å². The lowest BCUT2D eigenvalue weighted by atomic mass is 10.3. The minimum absolute atomic E-state index is 0.277. The van der Waals surface area contributed by atoms with Crippen LogP contribution in [0.3, 0.4) is 0 Å². The molecule has 0 aromatic rings. The van der Waals surface area contributed by atoms with Gasteiger partial charge in [-0.05, 0) is 32.5 Å². The maximum atomic E-state index is 10.8. The van der Waals surface area contributed by atoms with Crippen LogP contribution in [0.15, 0.2) is 0 Å². The van der Waals surface area contributed by atoms with Crippen molar-refractivity contribution in [3.8, 4) is 0 Å². The Bertz CT molecular complexity index is 199. The summed E-state index contributed by atoms with van der Waals surface area (Å²) < 4.78 is 4.62. The molecule has 0 unspecified atom stereocenters. The smallest absolute Gasteiger partial charge is 0.425 e. The van der Waals surface area contributed by atoms with Gasteiger partial charge in [0.2, 0.25) is 0 Å². The first-order valence-electron chi connectivity index (χ1n) is 4.59. The van der Waals surface area contributed by atoms with E-state index in [4.69, 9.17) is 12.2 Å². The molecule has 0 aliphatic heterocycles. The Hall–Kier alpha value is -1.04. The second kappa shape index (κ2) is 7.37. The zero-order chi connectivity index (χ0) is 11.0. The fraction of sp³-hybridized carbons (Fsp3) is 0.750. The molecule has 0 saturated carbocycles. The number of hydrazine groups is 1. The van der Waals surface area contributed by atoms with E-state index in [1.54, 1.807) is 6.92 Å². The lowest BCUT2D eigenvalue weighted by Crippen LogP contribution is -2.49. The van der Waals surface area contributed by atoms with Crippen LogP contribution in [-0.2, 0) is 4.74 Å². The predicted octanol–water partition coefficient (Wildman–Crippen LogP) is 0.910. The minimum atomic E-state index is -0.541. The summed E-state index contributed by atoms with van der Waals surface area (Å²) in [5, 5.41) is 3.36. The highest BCUT2D eigenvalue weighted by Gasteiger charge is 2.03. The zero-order valence-corrected chi connectivity index (χ0v) is 9.53. The van der Waals surface area contributed by atoms with Gasteiger partial charge >= 0.3 is 6.09 Å². The second-order valence-corrected chi connectivity index (χ2v) is 3.16. The predicted molar refractivity (Wildman–Crippen MR) is 58.8 cm³/mol. The van der Waals surface area contributed by atoms with E-state index in [-0.39, 0.29) is 6.04 Å². The molecular formula is C8H17N3O2S. The van der Waals surface area contributed by atoms with Gasteiger partial charge in [0.05, 0.1) is 6.61 Å². The number of nitrogens with one attached hydrogen (secondary N) is 3. The first-order valence-corrected chi connectivity index (χ1v) is 5.00. The molecule has 1 atom stereocenters. The third-order valence-corrected chi connectivity index (χ3v) is 1.76. The van der Waals surface area contributed by atoms with E-state index >= 15 is 0 Å². The van der Waals surface area contributed by atoms with Crippen LogP contribution in [-0.4, -0.2) is 23.9 Å². The molecule has 14 heavy (non-hydrogen) atoms. The number of amides is 1. The average Bonchev–Trinajstić information content (AvgIpc) is 2.15. The highest BCUT2D eigenvalue weighted by molar-refractivity contribution is 7.80. The summed E-state index contributed by atoms with van der Waals surface area (Å²) >= 11 is 4.91. The Kier molecular flexibility index (Phi) is 6.82. The highest BCUT2D eigenvalue weighted by Crippen LogP contribution is 1.86. The van der Waals surface area contributed by atoms with E-state index in [0.29, 0.717) is 11.7 Å². The Morgan fingerprint density at radius 3 is 2.57 bits per heavy atom. The molecule has 0 rings (SSSR count). The molecule has 5 nitrogen and oxygen atoms in total. The van der Waals surface area contributed by atoms with Crippen molar-refractivity contribution in [3.63, 3.8) is 0 Å². The van der Waals surface area contributed by atoms with Gasteiger partial charge in [0.15, 0.2) is 5.11 Å². The molecular weight excluding hydrogens is 202 g/mol. The molecule has 0 aromatic heterocycles. The number of ether oxygens (including phenoxy) is 1. The van der Waals surface area contributed by atoms with Crippen molar-refractivity contribution in [2.75, 3.05) is 6.61 Å². The van der Waals surface area contributed by atoms with E-state index in [9.17, 15) is 4.79 Å². The van der Waals surface area contributed by atoms with Gasteiger partial charge < -0.3 is 10.1 Å². The fourth-order valence-corrected chi connectivity index (χ4v) is 0.889. The Morgan fingerprint density at radius 1 is 1.43 bits per heavy atom. The molecule has 6 heteroatoms. The largest absolute Gasteiger partial charge is 0.449 e. The molecule has 0 aliphatic carbocycles. The number of hydrogen-bond acceptors (Lipinski definition) is 3. The van der Waals surface area contributed by atoms with Gasteiger partial charge in [0, 0.05) is 6.04 Å².